The van der Waals surface area contributed by atoms with Gasteiger partial charge in [0.05, 0.1) is 25.3 Å². The molecule has 0 aliphatic carbocycles. The van der Waals surface area contributed by atoms with E-state index in [0.29, 0.717) is 12.3 Å². The molecule has 0 spiro atoms. The second-order valence-corrected chi connectivity index (χ2v) is 3.68. The third-order valence-corrected chi connectivity index (χ3v) is 2.56. The van der Waals surface area contributed by atoms with E-state index in [9.17, 15) is 9.59 Å². The fourth-order valence-electron chi connectivity index (χ4n) is 1.69. The smallest absolute Gasteiger partial charge is 0.328 e. The highest BCUT2D eigenvalue weighted by atomic mass is 16.5. The molecule has 1 saturated heterocycles. The highest BCUT2D eigenvalue weighted by Gasteiger charge is 2.32. The fraction of sp³-hybridized carbons (Fsp3) is 0.500. The van der Waals surface area contributed by atoms with Gasteiger partial charge in [-0.25, -0.2) is 4.79 Å². The number of aliphatic carboxylic acids is 1. The maximum atomic E-state index is 11.9. The van der Waals surface area contributed by atoms with Crippen LogP contribution in [-0.2, 0) is 20.7 Å². The number of carbonyl (C=O) groups excluding carboxylic acids is 1. The van der Waals surface area contributed by atoms with Crippen molar-refractivity contribution >= 4 is 11.9 Å². The Morgan fingerprint density at radius 1 is 1.59 bits per heavy atom. The molecule has 0 bridgehead atoms. The molecule has 7 nitrogen and oxygen atoms in total. The summed E-state index contributed by atoms with van der Waals surface area (Å²) in [5, 5.41) is 12.6. The number of carboxylic acid groups (broad SMARTS) is 1. The van der Waals surface area contributed by atoms with Gasteiger partial charge < -0.3 is 19.3 Å². The van der Waals surface area contributed by atoms with Crippen LogP contribution in [0.15, 0.2) is 16.9 Å². The first-order valence-electron chi connectivity index (χ1n) is 5.18. The van der Waals surface area contributed by atoms with Crippen molar-refractivity contribution in [2.45, 2.75) is 12.5 Å². The third kappa shape index (κ3) is 2.62. The molecule has 1 N–H and O–H groups in total. The Hall–Kier alpha value is -1.89. The summed E-state index contributed by atoms with van der Waals surface area (Å²) in [6.07, 6.45) is 1.41. The van der Waals surface area contributed by atoms with Crippen molar-refractivity contribution < 1.29 is 24.0 Å². The van der Waals surface area contributed by atoms with Crippen molar-refractivity contribution in [1.82, 2.24) is 10.1 Å². The van der Waals surface area contributed by atoms with E-state index < -0.39 is 12.0 Å². The molecule has 1 atom stereocenters. The average Bonchev–Trinajstić information content (AvgIpc) is 2.81. The summed E-state index contributed by atoms with van der Waals surface area (Å²) in [7, 11) is 0. The number of hydrogen-bond donors (Lipinski definition) is 1. The summed E-state index contributed by atoms with van der Waals surface area (Å²) in [5.41, 5.74) is 0.491. The summed E-state index contributed by atoms with van der Waals surface area (Å²) in [4.78, 5) is 24.2. The molecule has 1 aromatic heterocycles. The standard InChI is InChI=1S/C10H12N2O5/c13-9(5-7-1-3-17-11-7)12-2-4-16-6-8(12)10(14)15/h1,3,8H,2,4-6H2,(H,14,15). The van der Waals surface area contributed by atoms with Crippen LogP contribution in [0, 0.1) is 0 Å². The monoisotopic (exact) mass is 240 g/mol. The fourth-order valence-corrected chi connectivity index (χ4v) is 1.69. The Morgan fingerprint density at radius 2 is 2.41 bits per heavy atom. The Kier molecular flexibility index (Phi) is 3.38. The van der Waals surface area contributed by atoms with Crippen molar-refractivity contribution in [2.24, 2.45) is 0 Å². The summed E-state index contributed by atoms with van der Waals surface area (Å²) < 4.78 is 9.67. The number of nitrogens with zero attached hydrogens (tertiary/aromatic N) is 2. The summed E-state index contributed by atoms with van der Waals surface area (Å²) in [6.45, 7) is 0.669. The normalized spacial score (nSPS) is 20.2. The minimum absolute atomic E-state index is 0.0277. The lowest BCUT2D eigenvalue weighted by atomic mass is 10.2. The largest absolute Gasteiger partial charge is 0.480 e. The highest BCUT2D eigenvalue weighted by Crippen LogP contribution is 2.10. The van der Waals surface area contributed by atoms with Gasteiger partial charge >= 0.3 is 5.97 Å². The van der Waals surface area contributed by atoms with Crippen LogP contribution in [-0.4, -0.2) is 52.8 Å². The molecule has 0 aromatic carbocycles. The van der Waals surface area contributed by atoms with Gasteiger partial charge in [-0.05, 0) is 0 Å². The van der Waals surface area contributed by atoms with Crippen LogP contribution in [0.4, 0.5) is 0 Å². The van der Waals surface area contributed by atoms with Gasteiger partial charge in [-0.1, -0.05) is 5.16 Å². The zero-order valence-electron chi connectivity index (χ0n) is 9.04. The second kappa shape index (κ2) is 4.96. The minimum Gasteiger partial charge on any atom is -0.480 e. The van der Waals surface area contributed by atoms with Crippen LogP contribution in [0.25, 0.3) is 0 Å². The van der Waals surface area contributed by atoms with E-state index in [-0.39, 0.29) is 25.5 Å². The highest BCUT2D eigenvalue weighted by molar-refractivity contribution is 5.85. The molecule has 2 rings (SSSR count). The van der Waals surface area contributed by atoms with Crippen LogP contribution in [0.3, 0.4) is 0 Å². The van der Waals surface area contributed by atoms with Crippen molar-refractivity contribution in [3.8, 4) is 0 Å². The molecule has 7 heteroatoms. The molecule has 2 heterocycles. The number of hydrogen-bond acceptors (Lipinski definition) is 5. The molecule has 17 heavy (non-hydrogen) atoms. The van der Waals surface area contributed by atoms with Gasteiger partial charge in [0.2, 0.25) is 5.91 Å². The predicted octanol–water partition coefficient (Wildman–Crippen LogP) is -0.471. The Balaban J connectivity index is 2.03. The average molecular weight is 240 g/mol. The second-order valence-electron chi connectivity index (χ2n) is 3.68. The summed E-state index contributed by atoms with van der Waals surface area (Å²) in [6, 6.07) is 0.664. The number of rotatable bonds is 3. The maximum absolute atomic E-state index is 11.9. The molecule has 0 radical (unpaired) electrons. The van der Waals surface area contributed by atoms with Crippen molar-refractivity contribution in [2.75, 3.05) is 19.8 Å². The third-order valence-electron chi connectivity index (χ3n) is 2.56. The van der Waals surface area contributed by atoms with Crippen molar-refractivity contribution in [3.05, 3.63) is 18.0 Å². The number of aromatic nitrogens is 1. The maximum Gasteiger partial charge on any atom is 0.328 e. The molecule has 1 unspecified atom stereocenters. The van der Waals surface area contributed by atoms with Crippen LogP contribution < -0.4 is 0 Å². The van der Waals surface area contributed by atoms with E-state index in [2.05, 4.69) is 9.68 Å². The van der Waals surface area contributed by atoms with Gasteiger partial charge in [-0.2, -0.15) is 0 Å². The minimum atomic E-state index is -1.06. The molecule has 1 aliphatic rings. The van der Waals surface area contributed by atoms with Crippen LogP contribution in [0.1, 0.15) is 5.69 Å². The molecule has 1 fully saturated rings. The molecule has 0 saturated carbocycles. The van der Waals surface area contributed by atoms with Crippen LogP contribution >= 0.6 is 0 Å². The van der Waals surface area contributed by atoms with Crippen LogP contribution in [0.5, 0.6) is 0 Å². The Bertz CT molecular complexity index is 403. The first-order chi connectivity index (χ1) is 8.18. The Morgan fingerprint density at radius 3 is 3.06 bits per heavy atom. The number of carbonyl (C=O) groups is 2. The van der Waals surface area contributed by atoms with E-state index in [4.69, 9.17) is 9.84 Å². The molecular formula is C10H12N2O5. The molecule has 1 aromatic rings. The van der Waals surface area contributed by atoms with E-state index in [1.807, 2.05) is 0 Å². The number of carboxylic acids is 1. The lowest BCUT2D eigenvalue weighted by Crippen LogP contribution is -2.53. The Labute approximate surface area is 96.9 Å². The SMILES string of the molecule is O=C(O)C1COCCN1C(=O)Cc1ccon1. The van der Waals surface area contributed by atoms with E-state index in [1.165, 1.54) is 11.2 Å². The van der Waals surface area contributed by atoms with E-state index in [1.54, 1.807) is 6.07 Å². The van der Waals surface area contributed by atoms with Gasteiger partial charge in [0, 0.05) is 12.6 Å². The quantitative estimate of drug-likeness (QED) is 0.767. The first-order valence-corrected chi connectivity index (χ1v) is 5.18. The van der Waals surface area contributed by atoms with Crippen LogP contribution in [0.2, 0.25) is 0 Å². The van der Waals surface area contributed by atoms with E-state index in [0.717, 1.165) is 0 Å². The van der Waals surface area contributed by atoms with E-state index >= 15 is 0 Å². The first kappa shape index (κ1) is 11.6. The van der Waals surface area contributed by atoms with Crippen molar-refractivity contribution in [3.63, 3.8) is 0 Å². The topological polar surface area (TPSA) is 92.9 Å². The summed E-state index contributed by atoms with van der Waals surface area (Å²) in [5.74, 6) is -1.34. The molecule has 1 aliphatic heterocycles. The van der Waals surface area contributed by atoms with Gasteiger partial charge in [-0.3, -0.25) is 4.79 Å². The molecule has 1 amide bonds. The zero-order valence-corrected chi connectivity index (χ0v) is 9.04. The van der Waals surface area contributed by atoms with Gasteiger partial charge in [0.25, 0.3) is 0 Å². The van der Waals surface area contributed by atoms with Gasteiger partial charge in [0.15, 0.2) is 6.04 Å². The molecule has 92 valence electrons. The lowest BCUT2D eigenvalue weighted by molar-refractivity contribution is -0.158. The summed E-state index contributed by atoms with van der Waals surface area (Å²) >= 11 is 0. The lowest BCUT2D eigenvalue weighted by Gasteiger charge is -2.32. The molecular weight excluding hydrogens is 228 g/mol. The zero-order chi connectivity index (χ0) is 12.3. The number of amides is 1. The number of ether oxygens (including phenoxy) is 1. The predicted molar refractivity (Wildman–Crippen MR) is 54.2 cm³/mol. The van der Waals surface area contributed by atoms with Crippen molar-refractivity contribution in [1.29, 1.82) is 0 Å². The van der Waals surface area contributed by atoms with Gasteiger partial charge in [0.1, 0.15) is 6.26 Å². The number of morpholine rings is 1. The van der Waals surface area contributed by atoms with Gasteiger partial charge in [-0.15, -0.1) is 0 Å².